The second-order valence-electron chi connectivity index (χ2n) is 9.10. The Balaban J connectivity index is 1.33. The van der Waals surface area contributed by atoms with Crippen LogP contribution in [0.2, 0.25) is 0 Å². The molecule has 0 radical (unpaired) electrons. The van der Waals surface area contributed by atoms with Gasteiger partial charge in [-0.15, -0.1) is 0 Å². The third kappa shape index (κ3) is 3.59. The molecule has 5 nitrogen and oxygen atoms in total. The number of fused-ring (bicyclic) bond motifs is 1. The molecule has 148 valence electrons. The van der Waals surface area contributed by atoms with Crippen molar-refractivity contribution in [3.05, 3.63) is 35.9 Å². The molecule has 27 heavy (non-hydrogen) atoms. The lowest BCUT2D eigenvalue weighted by Gasteiger charge is -2.55. The summed E-state index contributed by atoms with van der Waals surface area (Å²) in [5.41, 5.74) is 1.55. The molecule has 1 aromatic rings. The van der Waals surface area contributed by atoms with Gasteiger partial charge in [0.2, 0.25) is 0 Å². The monoisotopic (exact) mass is 370 g/mol. The Morgan fingerprint density at radius 1 is 1.26 bits per heavy atom. The molecule has 2 saturated heterocycles. The molecule has 2 N–H and O–H groups in total. The molecule has 3 aliphatic rings. The maximum Gasteiger partial charge on any atom is 0.191 e. The maximum atomic E-state index is 5.92. The van der Waals surface area contributed by atoms with Crippen LogP contribution in [0.25, 0.3) is 0 Å². The third-order valence-electron chi connectivity index (χ3n) is 6.89. The van der Waals surface area contributed by atoms with E-state index >= 15 is 0 Å². The Bertz CT molecular complexity index is 674. The van der Waals surface area contributed by atoms with Gasteiger partial charge in [0.1, 0.15) is 0 Å². The average Bonchev–Trinajstić information content (AvgIpc) is 3.25. The molecular weight excluding hydrogens is 336 g/mol. The van der Waals surface area contributed by atoms with E-state index in [0.717, 1.165) is 38.5 Å². The smallest absolute Gasteiger partial charge is 0.191 e. The number of aliphatic imine (C=N–C) groups is 1. The predicted molar refractivity (Wildman–Crippen MR) is 110 cm³/mol. The molecule has 0 bridgehead atoms. The van der Waals surface area contributed by atoms with Crippen molar-refractivity contribution in [2.75, 3.05) is 20.2 Å². The van der Waals surface area contributed by atoms with Crippen molar-refractivity contribution in [2.24, 2.45) is 16.3 Å². The highest BCUT2D eigenvalue weighted by molar-refractivity contribution is 5.80. The van der Waals surface area contributed by atoms with Crippen LogP contribution in [-0.2, 0) is 11.3 Å². The fraction of sp³-hybridized carbons (Fsp3) is 0.682. The van der Waals surface area contributed by atoms with Crippen molar-refractivity contribution in [3.8, 4) is 0 Å². The van der Waals surface area contributed by atoms with Gasteiger partial charge in [0.15, 0.2) is 5.96 Å². The van der Waals surface area contributed by atoms with Gasteiger partial charge >= 0.3 is 0 Å². The quantitative estimate of drug-likeness (QED) is 0.632. The van der Waals surface area contributed by atoms with Crippen LogP contribution < -0.4 is 10.6 Å². The summed E-state index contributed by atoms with van der Waals surface area (Å²) < 4.78 is 5.92. The van der Waals surface area contributed by atoms with Crippen LogP contribution >= 0.6 is 0 Å². The SMILES string of the molecule is CN=C(NC1CC(C)N(Cc2ccccc2)C1)NC1C2CCOC2C1(C)C. The predicted octanol–water partition coefficient (Wildman–Crippen LogP) is 2.63. The first kappa shape index (κ1) is 18.8. The summed E-state index contributed by atoms with van der Waals surface area (Å²) in [6, 6.07) is 12.2. The second-order valence-corrected chi connectivity index (χ2v) is 9.10. The highest BCUT2D eigenvalue weighted by Crippen LogP contribution is 2.52. The first-order valence-corrected chi connectivity index (χ1v) is 10.4. The van der Waals surface area contributed by atoms with Crippen molar-refractivity contribution in [1.29, 1.82) is 0 Å². The van der Waals surface area contributed by atoms with Crippen LogP contribution in [0, 0.1) is 11.3 Å². The molecule has 0 spiro atoms. The van der Waals surface area contributed by atoms with Crippen molar-refractivity contribution in [2.45, 2.75) is 64.4 Å². The van der Waals surface area contributed by atoms with Crippen molar-refractivity contribution < 1.29 is 4.74 Å². The van der Waals surface area contributed by atoms with Crippen LogP contribution in [0.3, 0.4) is 0 Å². The number of likely N-dealkylation sites (tertiary alicyclic amines) is 1. The van der Waals surface area contributed by atoms with Gasteiger partial charge in [0, 0.05) is 56.2 Å². The molecule has 1 aliphatic carbocycles. The van der Waals surface area contributed by atoms with Gasteiger partial charge in [-0.3, -0.25) is 9.89 Å². The number of guanidine groups is 1. The second kappa shape index (κ2) is 7.44. The van der Waals surface area contributed by atoms with Gasteiger partial charge < -0.3 is 15.4 Å². The van der Waals surface area contributed by atoms with Gasteiger partial charge in [-0.05, 0) is 25.3 Å². The lowest BCUT2D eigenvalue weighted by atomic mass is 9.57. The van der Waals surface area contributed by atoms with Crippen molar-refractivity contribution >= 4 is 5.96 Å². The number of ether oxygens (including phenoxy) is 1. The highest BCUT2D eigenvalue weighted by Gasteiger charge is 2.59. The minimum Gasteiger partial charge on any atom is -0.377 e. The van der Waals surface area contributed by atoms with Crippen LogP contribution in [0.4, 0.5) is 0 Å². The fourth-order valence-electron chi connectivity index (χ4n) is 5.37. The summed E-state index contributed by atoms with van der Waals surface area (Å²) in [6.45, 7) is 9.92. The van der Waals surface area contributed by atoms with E-state index in [2.05, 4.69) is 71.6 Å². The number of hydrogen-bond donors (Lipinski definition) is 2. The number of nitrogens with one attached hydrogen (secondary N) is 2. The lowest BCUT2D eigenvalue weighted by Crippen LogP contribution is -2.68. The summed E-state index contributed by atoms with van der Waals surface area (Å²) in [4.78, 5) is 7.09. The molecule has 5 atom stereocenters. The molecule has 1 saturated carbocycles. The molecule has 3 fully saturated rings. The molecule has 2 aliphatic heterocycles. The zero-order chi connectivity index (χ0) is 19.0. The molecule has 0 aromatic heterocycles. The van der Waals surface area contributed by atoms with E-state index in [1.54, 1.807) is 0 Å². The standard InChI is InChI=1S/C22H34N4O/c1-15-12-17(14-26(15)13-16-8-6-5-7-9-16)24-21(23-4)25-19-18-10-11-27-20(18)22(19,2)3/h5-9,15,17-20H,10-14H2,1-4H3,(H2,23,24,25). The average molecular weight is 371 g/mol. The maximum absolute atomic E-state index is 5.92. The van der Waals surface area contributed by atoms with E-state index in [4.69, 9.17) is 4.74 Å². The zero-order valence-electron chi connectivity index (χ0n) is 17.1. The summed E-state index contributed by atoms with van der Waals surface area (Å²) in [5.74, 6) is 1.56. The number of benzene rings is 1. The van der Waals surface area contributed by atoms with E-state index < -0.39 is 0 Å². The molecule has 1 aromatic carbocycles. The molecule has 4 rings (SSSR count). The summed E-state index contributed by atoms with van der Waals surface area (Å²) in [5, 5.41) is 7.40. The topological polar surface area (TPSA) is 48.9 Å². The Hall–Kier alpha value is -1.59. The van der Waals surface area contributed by atoms with Crippen LogP contribution in [0.15, 0.2) is 35.3 Å². The van der Waals surface area contributed by atoms with Crippen molar-refractivity contribution in [1.82, 2.24) is 15.5 Å². The van der Waals surface area contributed by atoms with E-state index in [1.807, 2.05) is 7.05 Å². The van der Waals surface area contributed by atoms with E-state index in [1.165, 1.54) is 5.56 Å². The molecule has 5 unspecified atom stereocenters. The number of hydrogen-bond acceptors (Lipinski definition) is 3. The zero-order valence-corrected chi connectivity index (χ0v) is 17.1. The van der Waals surface area contributed by atoms with Crippen LogP contribution in [-0.4, -0.2) is 55.3 Å². The van der Waals surface area contributed by atoms with Crippen LogP contribution in [0.5, 0.6) is 0 Å². The van der Waals surface area contributed by atoms with Gasteiger partial charge in [0.05, 0.1) is 6.10 Å². The Labute approximate surface area is 163 Å². The first-order valence-electron chi connectivity index (χ1n) is 10.4. The third-order valence-corrected chi connectivity index (χ3v) is 6.89. The van der Waals surface area contributed by atoms with Crippen LogP contribution in [0.1, 0.15) is 39.2 Å². The Kier molecular flexibility index (Phi) is 5.17. The van der Waals surface area contributed by atoms with Gasteiger partial charge in [0.25, 0.3) is 0 Å². The molecular formula is C22H34N4O. The normalized spacial score (nSPS) is 35.6. The van der Waals surface area contributed by atoms with E-state index in [9.17, 15) is 0 Å². The van der Waals surface area contributed by atoms with E-state index in [0.29, 0.717) is 30.1 Å². The Morgan fingerprint density at radius 3 is 2.78 bits per heavy atom. The van der Waals surface area contributed by atoms with Gasteiger partial charge in [-0.2, -0.15) is 0 Å². The highest BCUT2D eigenvalue weighted by atomic mass is 16.5. The molecule has 0 amide bonds. The fourth-order valence-corrected chi connectivity index (χ4v) is 5.37. The number of nitrogens with zero attached hydrogens (tertiary/aromatic N) is 2. The largest absolute Gasteiger partial charge is 0.377 e. The molecule has 2 heterocycles. The summed E-state index contributed by atoms with van der Waals surface area (Å²) in [6.07, 6.45) is 2.71. The van der Waals surface area contributed by atoms with Gasteiger partial charge in [-0.1, -0.05) is 44.2 Å². The minimum absolute atomic E-state index is 0.168. The van der Waals surface area contributed by atoms with Gasteiger partial charge in [-0.25, -0.2) is 0 Å². The number of rotatable bonds is 4. The Morgan fingerprint density at radius 2 is 2.04 bits per heavy atom. The first-order chi connectivity index (χ1) is 13.0. The molecule has 5 heteroatoms. The van der Waals surface area contributed by atoms with Crippen molar-refractivity contribution in [3.63, 3.8) is 0 Å². The summed E-state index contributed by atoms with van der Waals surface area (Å²) in [7, 11) is 1.88. The minimum atomic E-state index is 0.168. The van der Waals surface area contributed by atoms with E-state index in [-0.39, 0.29) is 5.41 Å². The summed E-state index contributed by atoms with van der Waals surface area (Å²) >= 11 is 0. The lowest BCUT2D eigenvalue weighted by molar-refractivity contribution is -0.106.